The molecular weight excluding hydrogens is 483 g/mol. The average Bonchev–Trinajstić information content (AvgIpc) is 2.84. The Kier molecular flexibility index (Phi) is 5.90. The lowest BCUT2D eigenvalue weighted by Gasteiger charge is -2.44. The van der Waals surface area contributed by atoms with E-state index in [0.717, 1.165) is 11.8 Å². The molecular formula is C25H21F5N4O2. The SMILES string of the molecule is Cc1ccc(NC(=O)c2ccnc(C(F)(F)F)c2)cc1-c1cnc2c(c1)N1CCOCC1CC2(F)F. The number of aryl methyl sites for hydroxylation is 1. The van der Waals surface area contributed by atoms with Crippen LogP contribution in [0.25, 0.3) is 11.1 Å². The van der Waals surface area contributed by atoms with Crippen molar-refractivity contribution in [1.29, 1.82) is 0 Å². The summed E-state index contributed by atoms with van der Waals surface area (Å²) in [5.74, 6) is -3.82. The predicted molar refractivity (Wildman–Crippen MR) is 122 cm³/mol. The van der Waals surface area contributed by atoms with Gasteiger partial charge in [0, 0.05) is 42.2 Å². The van der Waals surface area contributed by atoms with Crippen LogP contribution in [0.2, 0.25) is 0 Å². The van der Waals surface area contributed by atoms with E-state index in [0.29, 0.717) is 41.7 Å². The van der Waals surface area contributed by atoms with Gasteiger partial charge in [0.1, 0.15) is 11.4 Å². The number of benzene rings is 1. The molecule has 11 heteroatoms. The molecule has 0 aliphatic carbocycles. The highest BCUT2D eigenvalue weighted by Crippen LogP contribution is 2.46. The van der Waals surface area contributed by atoms with Crippen LogP contribution in [-0.4, -0.2) is 41.7 Å². The third-order valence-electron chi connectivity index (χ3n) is 6.36. The number of halogens is 5. The molecule has 1 atom stereocenters. The molecule has 4 heterocycles. The zero-order valence-corrected chi connectivity index (χ0v) is 19.1. The van der Waals surface area contributed by atoms with E-state index in [-0.39, 0.29) is 24.3 Å². The Balaban J connectivity index is 1.46. The van der Waals surface area contributed by atoms with E-state index >= 15 is 0 Å². The summed E-state index contributed by atoms with van der Waals surface area (Å²) in [6.45, 7) is 2.94. The Morgan fingerprint density at radius 3 is 2.75 bits per heavy atom. The lowest BCUT2D eigenvalue weighted by atomic mass is 9.93. The average molecular weight is 504 g/mol. The zero-order valence-electron chi connectivity index (χ0n) is 19.1. The molecule has 3 aromatic rings. The molecule has 0 radical (unpaired) electrons. The van der Waals surface area contributed by atoms with Gasteiger partial charge in [-0.2, -0.15) is 22.0 Å². The molecule has 1 unspecified atom stereocenters. The molecule has 0 spiro atoms. The summed E-state index contributed by atoms with van der Waals surface area (Å²) in [6, 6.07) is 8.06. The number of rotatable bonds is 3. The largest absolute Gasteiger partial charge is 0.433 e. The topological polar surface area (TPSA) is 67.4 Å². The second-order valence-corrected chi connectivity index (χ2v) is 8.83. The van der Waals surface area contributed by atoms with Crippen LogP contribution in [-0.2, 0) is 16.8 Å². The number of hydrogen-bond acceptors (Lipinski definition) is 5. The van der Waals surface area contributed by atoms with Crippen LogP contribution in [0.1, 0.15) is 33.7 Å². The van der Waals surface area contributed by atoms with Crippen LogP contribution in [0.5, 0.6) is 0 Å². The first kappa shape index (κ1) is 24.1. The highest BCUT2D eigenvalue weighted by Gasteiger charge is 2.47. The van der Waals surface area contributed by atoms with Crippen LogP contribution in [0.4, 0.5) is 33.3 Å². The molecule has 1 aromatic carbocycles. The van der Waals surface area contributed by atoms with Crippen molar-refractivity contribution in [3.05, 3.63) is 71.3 Å². The summed E-state index contributed by atoms with van der Waals surface area (Å²) < 4.78 is 73.8. The van der Waals surface area contributed by atoms with Gasteiger partial charge in [-0.25, -0.2) is 0 Å². The maximum absolute atomic E-state index is 14.8. The van der Waals surface area contributed by atoms with Crippen LogP contribution >= 0.6 is 0 Å². The van der Waals surface area contributed by atoms with Crippen LogP contribution in [0.15, 0.2) is 48.8 Å². The smallest absolute Gasteiger partial charge is 0.377 e. The number of fused-ring (bicyclic) bond motifs is 3. The molecule has 1 saturated heterocycles. The van der Waals surface area contributed by atoms with Crippen molar-refractivity contribution in [3.63, 3.8) is 0 Å². The van der Waals surface area contributed by atoms with Crippen LogP contribution in [0.3, 0.4) is 0 Å². The molecule has 1 amide bonds. The number of ether oxygens (including phenoxy) is 1. The van der Waals surface area contributed by atoms with Gasteiger partial charge in [-0.05, 0) is 48.4 Å². The maximum Gasteiger partial charge on any atom is 0.433 e. The van der Waals surface area contributed by atoms with Crippen molar-refractivity contribution in [2.45, 2.75) is 31.5 Å². The van der Waals surface area contributed by atoms with E-state index in [2.05, 4.69) is 15.3 Å². The number of carbonyl (C=O) groups is 1. The van der Waals surface area contributed by atoms with Crippen LogP contribution < -0.4 is 10.2 Å². The number of anilines is 2. The Bertz CT molecular complexity index is 1330. The first-order chi connectivity index (χ1) is 17.0. The molecule has 2 aromatic heterocycles. The standard InChI is InChI=1S/C25H21F5N4O2/c1-14-2-3-17(33-23(35)15-4-5-31-21(9-15)25(28,29)30)10-19(14)16-8-20-22(32-12-16)24(26,27)11-18-13-36-7-6-34(18)20/h2-5,8-10,12,18H,6-7,11,13H2,1H3,(H,33,35). The van der Waals surface area contributed by atoms with Crippen molar-refractivity contribution < 1.29 is 31.5 Å². The maximum atomic E-state index is 14.8. The van der Waals surface area contributed by atoms with E-state index < -0.39 is 29.7 Å². The summed E-state index contributed by atoms with van der Waals surface area (Å²) >= 11 is 0. The fourth-order valence-electron chi connectivity index (χ4n) is 4.58. The fourth-order valence-corrected chi connectivity index (χ4v) is 4.58. The zero-order chi connectivity index (χ0) is 25.7. The fraction of sp³-hybridized carbons (Fsp3) is 0.320. The summed E-state index contributed by atoms with van der Waals surface area (Å²) in [5, 5.41) is 2.59. The lowest BCUT2D eigenvalue weighted by Crippen LogP contribution is -2.51. The van der Waals surface area contributed by atoms with Crippen molar-refractivity contribution >= 4 is 17.3 Å². The van der Waals surface area contributed by atoms with Gasteiger partial charge in [0.05, 0.1) is 24.9 Å². The third-order valence-corrected chi connectivity index (χ3v) is 6.36. The Hall–Kier alpha value is -3.60. The van der Waals surface area contributed by atoms with Gasteiger partial charge in [0.2, 0.25) is 0 Å². The third kappa shape index (κ3) is 4.50. The molecule has 1 N–H and O–H groups in total. The summed E-state index contributed by atoms with van der Waals surface area (Å²) in [4.78, 5) is 21.9. The highest BCUT2D eigenvalue weighted by atomic mass is 19.4. The van der Waals surface area contributed by atoms with E-state index in [9.17, 15) is 26.7 Å². The number of pyridine rings is 2. The van der Waals surface area contributed by atoms with E-state index in [1.807, 2.05) is 11.8 Å². The number of nitrogens with zero attached hydrogens (tertiary/aromatic N) is 3. The monoisotopic (exact) mass is 504 g/mol. The molecule has 36 heavy (non-hydrogen) atoms. The van der Waals surface area contributed by atoms with Gasteiger partial charge in [0.15, 0.2) is 0 Å². The van der Waals surface area contributed by atoms with E-state index in [4.69, 9.17) is 4.74 Å². The molecule has 2 aliphatic rings. The Labute approximate surface area is 203 Å². The summed E-state index contributed by atoms with van der Waals surface area (Å²) in [6.07, 6.45) is -2.74. The molecule has 188 valence electrons. The van der Waals surface area contributed by atoms with E-state index in [1.165, 1.54) is 12.3 Å². The van der Waals surface area contributed by atoms with E-state index in [1.54, 1.807) is 24.3 Å². The number of nitrogens with one attached hydrogen (secondary N) is 1. The van der Waals surface area contributed by atoms with Gasteiger partial charge < -0.3 is 15.0 Å². The number of carbonyl (C=O) groups excluding carboxylic acids is 1. The van der Waals surface area contributed by atoms with Crippen molar-refractivity contribution in [3.8, 4) is 11.1 Å². The lowest BCUT2D eigenvalue weighted by molar-refractivity contribution is -0.141. The Morgan fingerprint density at radius 1 is 1.17 bits per heavy atom. The number of morpholine rings is 1. The van der Waals surface area contributed by atoms with Crippen LogP contribution in [0, 0.1) is 6.92 Å². The molecule has 2 aliphatic heterocycles. The number of aromatic nitrogens is 2. The van der Waals surface area contributed by atoms with Gasteiger partial charge in [-0.1, -0.05) is 6.07 Å². The first-order valence-corrected chi connectivity index (χ1v) is 11.2. The van der Waals surface area contributed by atoms with Gasteiger partial charge in [0.25, 0.3) is 11.8 Å². The van der Waals surface area contributed by atoms with Gasteiger partial charge in [-0.3, -0.25) is 14.8 Å². The molecule has 1 fully saturated rings. The quantitative estimate of drug-likeness (QED) is 0.483. The summed E-state index contributed by atoms with van der Waals surface area (Å²) in [5.41, 5.74) is 1.07. The predicted octanol–water partition coefficient (Wildman–Crippen LogP) is 5.42. The number of hydrogen-bond donors (Lipinski definition) is 1. The molecule has 5 rings (SSSR count). The normalized spacial score (nSPS) is 18.8. The minimum absolute atomic E-state index is 0.199. The molecule has 0 saturated carbocycles. The first-order valence-electron chi connectivity index (χ1n) is 11.2. The minimum Gasteiger partial charge on any atom is -0.377 e. The summed E-state index contributed by atoms with van der Waals surface area (Å²) in [7, 11) is 0. The second-order valence-electron chi connectivity index (χ2n) is 8.83. The minimum atomic E-state index is -4.68. The second kappa shape index (κ2) is 8.81. The van der Waals surface area contributed by atoms with Crippen molar-refractivity contribution in [2.24, 2.45) is 0 Å². The molecule has 0 bridgehead atoms. The molecule has 6 nitrogen and oxygen atoms in total. The number of amides is 1. The number of alkyl halides is 5. The van der Waals surface area contributed by atoms with Crippen molar-refractivity contribution in [1.82, 2.24) is 9.97 Å². The Morgan fingerprint density at radius 2 is 1.97 bits per heavy atom. The van der Waals surface area contributed by atoms with Gasteiger partial charge >= 0.3 is 6.18 Å². The highest BCUT2D eigenvalue weighted by molar-refractivity contribution is 6.04. The van der Waals surface area contributed by atoms with Gasteiger partial charge in [-0.15, -0.1) is 0 Å². The van der Waals surface area contributed by atoms with Crippen molar-refractivity contribution in [2.75, 3.05) is 30.0 Å².